The lowest BCUT2D eigenvalue weighted by molar-refractivity contribution is -0.137. The first-order valence-electron chi connectivity index (χ1n) is 5.50. The minimum Gasteiger partial charge on any atom is -0.256 e. The van der Waals surface area contributed by atoms with Crippen LogP contribution < -0.4 is 0 Å². The molecule has 0 atom stereocenters. The Bertz CT molecular complexity index is 593. The Hall–Kier alpha value is -2.35. The monoisotopic (exact) mass is 262 g/mol. The lowest BCUT2D eigenvalue weighted by atomic mass is 10.1. The molecule has 0 saturated heterocycles. The average molecular weight is 262 g/mol. The highest BCUT2D eigenvalue weighted by atomic mass is 19.4. The molecule has 0 bridgehead atoms. The molecule has 0 fully saturated rings. The number of rotatable bonds is 2. The predicted molar refractivity (Wildman–Crippen MR) is 64.0 cm³/mol. The highest BCUT2D eigenvalue weighted by Gasteiger charge is 2.29. The molecule has 2 rings (SSSR count). The molecule has 0 unspecified atom stereocenters. The van der Waals surface area contributed by atoms with Gasteiger partial charge in [0.25, 0.3) is 0 Å². The summed E-state index contributed by atoms with van der Waals surface area (Å²) < 4.78 is 37.2. The number of hydrogen-bond donors (Lipinski definition) is 0. The molecule has 0 N–H and O–H groups in total. The summed E-state index contributed by atoms with van der Waals surface area (Å²) in [4.78, 5) is 4.13. The van der Waals surface area contributed by atoms with Gasteiger partial charge >= 0.3 is 6.18 Å². The highest BCUT2D eigenvalue weighted by molar-refractivity contribution is 5.59. The van der Waals surface area contributed by atoms with Crippen molar-refractivity contribution < 1.29 is 13.2 Å². The van der Waals surface area contributed by atoms with Gasteiger partial charge < -0.3 is 0 Å². The Balaban J connectivity index is 2.25. The zero-order valence-electron chi connectivity index (χ0n) is 9.78. The van der Waals surface area contributed by atoms with Crippen molar-refractivity contribution in [1.82, 2.24) is 4.98 Å². The van der Waals surface area contributed by atoms with Gasteiger partial charge in [-0.1, -0.05) is 18.2 Å². The van der Waals surface area contributed by atoms with E-state index >= 15 is 0 Å². The van der Waals surface area contributed by atoms with Gasteiger partial charge in [0.15, 0.2) is 0 Å². The second-order valence-electron chi connectivity index (χ2n) is 3.96. The Morgan fingerprint density at radius 1 is 1.05 bits per heavy atom. The maximum atomic E-state index is 12.4. The fraction of sp³-hybridized carbons (Fsp3) is 0.143. The Kier molecular flexibility index (Phi) is 3.52. The van der Waals surface area contributed by atoms with Crippen LogP contribution in [0, 0.1) is 11.3 Å². The van der Waals surface area contributed by atoms with E-state index in [2.05, 4.69) is 4.98 Å². The lowest BCUT2D eigenvalue weighted by Crippen LogP contribution is -2.04. The van der Waals surface area contributed by atoms with E-state index in [4.69, 9.17) is 5.26 Å². The summed E-state index contributed by atoms with van der Waals surface area (Å²) in [6, 6.07) is 10.3. The van der Waals surface area contributed by atoms with Crippen molar-refractivity contribution in [2.24, 2.45) is 0 Å². The molecular formula is C14H9F3N2. The maximum absolute atomic E-state index is 12.4. The number of nitrogens with zero attached hydrogens (tertiary/aromatic N) is 2. The number of nitriles is 1. The van der Waals surface area contributed by atoms with E-state index < -0.39 is 11.7 Å². The van der Waals surface area contributed by atoms with Crippen LogP contribution in [-0.2, 0) is 12.6 Å². The van der Waals surface area contributed by atoms with E-state index in [9.17, 15) is 13.2 Å². The standard InChI is InChI=1S/C14H9F3N2/c15-14(16,17)12-4-2-11(3-5-12)13-6-1-10(7-8-18)9-19-13/h1-6,9H,7H2. The summed E-state index contributed by atoms with van der Waals surface area (Å²) in [7, 11) is 0. The van der Waals surface area contributed by atoms with Crippen molar-refractivity contribution in [2.45, 2.75) is 12.6 Å². The third kappa shape index (κ3) is 3.10. The molecule has 96 valence electrons. The molecular weight excluding hydrogens is 253 g/mol. The zero-order valence-corrected chi connectivity index (χ0v) is 9.78. The normalized spacial score (nSPS) is 11.1. The second kappa shape index (κ2) is 5.11. The fourth-order valence-electron chi connectivity index (χ4n) is 1.62. The van der Waals surface area contributed by atoms with E-state index in [0.717, 1.165) is 17.7 Å². The van der Waals surface area contributed by atoms with E-state index in [0.29, 0.717) is 11.3 Å². The average Bonchev–Trinajstić information content (AvgIpc) is 2.39. The Morgan fingerprint density at radius 3 is 2.21 bits per heavy atom. The number of benzene rings is 1. The molecule has 1 aromatic carbocycles. The van der Waals surface area contributed by atoms with Gasteiger partial charge in [-0.05, 0) is 23.8 Å². The summed E-state index contributed by atoms with van der Waals surface area (Å²) in [5, 5.41) is 8.53. The number of halogens is 3. The van der Waals surface area contributed by atoms with Crippen molar-refractivity contribution >= 4 is 0 Å². The van der Waals surface area contributed by atoms with Gasteiger partial charge in [-0.3, -0.25) is 4.98 Å². The topological polar surface area (TPSA) is 36.7 Å². The minimum atomic E-state index is -4.33. The fourth-order valence-corrected chi connectivity index (χ4v) is 1.62. The number of aromatic nitrogens is 1. The quantitative estimate of drug-likeness (QED) is 0.824. The van der Waals surface area contributed by atoms with Crippen LogP contribution in [0.25, 0.3) is 11.3 Å². The maximum Gasteiger partial charge on any atom is 0.416 e. The van der Waals surface area contributed by atoms with Gasteiger partial charge in [-0.15, -0.1) is 0 Å². The zero-order chi connectivity index (χ0) is 13.9. The molecule has 1 aromatic heterocycles. The molecule has 5 heteroatoms. The molecule has 2 nitrogen and oxygen atoms in total. The van der Waals surface area contributed by atoms with E-state index in [1.54, 1.807) is 18.3 Å². The summed E-state index contributed by atoms with van der Waals surface area (Å²) in [5.41, 5.74) is 1.28. The molecule has 0 aliphatic heterocycles. The molecule has 0 spiro atoms. The Labute approximate surface area is 108 Å². The molecule has 0 amide bonds. The lowest BCUT2D eigenvalue weighted by Gasteiger charge is -2.07. The van der Waals surface area contributed by atoms with Gasteiger partial charge in [-0.25, -0.2) is 0 Å². The predicted octanol–water partition coefficient (Wildman–Crippen LogP) is 3.83. The summed E-state index contributed by atoms with van der Waals surface area (Å²) in [6.45, 7) is 0. The van der Waals surface area contributed by atoms with Crippen LogP contribution >= 0.6 is 0 Å². The van der Waals surface area contributed by atoms with Gasteiger partial charge in [0.2, 0.25) is 0 Å². The molecule has 0 aliphatic carbocycles. The van der Waals surface area contributed by atoms with Crippen molar-refractivity contribution in [1.29, 1.82) is 5.26 Å². The molecule has 1 heterocycles. The summed E-state index contributed by atoms with van der Waals surface area (Å²) in [6.07, 6.45) is -2.51. The Morgan fingerprint density at radius 2 is 1.74 bits per heavy atom. The first-order chi connectivity index (χ1) is 9.00. The van der Waals surface area contributed by atoms with Crippen molar-refractivity contribution in [2.75, 3.05) is 0 Å². The molecule has 0 radical (unpaired) electrons. The largest absolute Gasteiger partial charge is 0.416 e. The number of alkyl halides is 3. The summed E-state index contributed by atoms with van der Waals surface area (Å²) in [5.74, 6) is 0. The van der Waals surface area contributed by atoms with Gasteiger partial charge in [0.1, 0.15) is 0 Å². The van der Waals surface area contributed by atoms with E-state index in [1.165, 1.54) is 12.1 Å². The van der Waals surface area contributed by atoms with Gasteiger partial charge in [0.05, 0.1) is 23.7 Å². The van der Waals surface area contributed by atoms with Crippen molar-refractivity contribution in [3.05, 3.63) is 53.7 Å². The first kappa shape index (κ1) is 13.1. The van der Waals surface area contributed by atoms with E-state index in [-0.39, 0.29) is 6.42 Å². The SMILES string of the molecule is N#CCc1ccc(-c2ccc(C(F)(F)F)cc2)nc1. The molecule has 19 heavy (non-hydrogen) atoms. The van der Waals surface area contributed by atoms with Gasteiger partial charge in [0, 0.05) is 11.8 Å². The van der Waals surface area contributed by atoms with Crippen LogP contribution in [-0.4, -0.2) is 4.98 Å². The third-order valence-corrected chi connectivity index (χ3v) is 2.62. The van der Waals surface area contributed by atoms with E-state index in [1.807, 2.05) is 6.07 Å². The van der Waals surface area contributed by atoms with Crippen LogP contribution in [0.5, 0.6) is 0 Å². The smallest absolute Gasteiger partial charge is 0.256 e. The second-order valence-corrected chi connectivity index (χ2v) is 3.96. The highest BCUT2D eigenvalue weighted by Crippen LogP contribution is 2.30. The van der Waals surface area contributed by atoms with Crippen molar-refractivity contribution in [3.63, 3.8) is 0 Å². The van der Waals surface area contributed by atoms with Crippen LogP contribution in [0.15, 0.2) is 42.6 Å². The first-order valence-corrected chi connectivity index (χ1v) is 5.50. The molecule has 0 aliphatic rings. The van der Waals surface area contributed by atoms with Crippen LogP contribution in [0.2, 0.25) is 0 Å². The number of pyridine rings is 1. The third-order valence-electron chi connectivity index (χ3n) is 2.62. The number of hydrogen-bond acceptors (Lipinski definition) is 2. The van der Waals surface area contributed by atoms with Crippen molar-refractivity contribution in [3.8, 4) is 17.3 Å². The molecule has 0 saturated carbocycles. The summed E-state index contributed by atoms with van der Waals surface area (Å²) >= 11 is 0. The minimum absolute atomic E-state index is 0.264. The van der Waals surface area contributed by atoms with Gasteiger partial charge in [-0.2, -0.15) is 18.4 Å². The van der Waals surface area contributed by atoms with Crippen LogP contribution in [0.1, 0.15) is 11.1 Å². The van der Waals surface area contributed by atoms with Crippen LogP contribution in [0.3, 0.4) is 0 Å². The van der Waals surface area contributed by atoms with Crippen LogP contribution in [0.4, 0.5) is 13.2 Å². The molecule has 2 aromatic rings.